The normalized spacial score (nSPS) is 11.7. The minimum Gasteiger partial charge on any atom is -0.504 e. The summed E-state index contributed by atoms with van der Waals surface area (Å²) in [7, 11) is 1.39. The molecule has 0 heterocycles. The molecule has 0 amide bonds. The van der Waals surface area contributed by atoms with Crippen LogP contribution in [0.1, 0.15) is 42.3 Å². The Balaban J connectivity index is 2.24. The van der Waals surface area contributed by atoms with Gasteiger partial charge in [0.2, 0.25) is 5.75 Å². The van der Waals surface area contributed by atoms with E-state index in [1.165, 1.54) is 19.3 Å². The molecule has 4 heteroatoms. The molecule has 0 bridgehead atoms. The summed E-state index contributed by atoms with van der Waals surface area (Å²) < 4.78 is 5.08. The zero-order valence-corrected chi connectivity index (χ0v) is 14.3. The number of methoxy groups -OCH3 is 1. The van der Waals surface area contributed by atoms with Crippen LogP contribution in [0.25, 0.3) is 6.08 Å². The number of hydrogen-bond acceptors (Lipinski definition) is 4. The highest BCUT2D eigenvalue weighted by atomic mass is 16.5. The first-order chi connectivity index (χ1) is 11.2. The van der Waals surface area contributed by atoms with Gasteiger partial charge in [0, 0.05) is 11.1 Å². The van der Waals surface area contributed by atoms with Gasteiger partial charge in [-0.3, -0.25) is 4.79 Å². The summed E-state index contributed by atoms with van der Waals surface area (Å²) in [6.45, 7) is 6.36. The molecule has 0 aromatic heterocycles. The number of benzene rings is 2. The Morgan fingerprint density at radius 3 is 2.21 bits per heavy atom. The van der Waals surface area contributed by atoms with Crippen molar-refractivity contribution in [1.29, 1.82) is 0 Å². The summed E-state index contributed by atoms with van der Waals surface area (Å²) >= 11 is 0. The Bertz CT molecular complexity index is 765. The lowest BCUT2D eigenvalue weighted by atomic mass is 9.86. The Morgan fingerprint density at radius 1 is 1.04 bits per heavy atom. The minimum atomic E-state index is -0.346. The van der Waals surface area contributed by atoms with Crippen molar-refractivity contribution in [1.82, 2.24) is 0 Å². The van der Waals surface area contributed by atoms with E-state index >= 15 is 0 Å². The van der Waals surface area contributed by atoms with E-state index in [4.69, 9.17) is 4.74 Å². The monoisotopic (exact) mass is 326 g/mol. The van der Waals surface area contributed by atoms with Crippen LogP contribution in [-0.2, 0) is 5.41 Å². The number of hydrogen-bond donors (Lipinski definition) is 2. The molecular weight excluding hydrogens is 304 g/mol. The number of rotatable bonds is 4. The third-order valence-corrected chi connectivity index (χ3v) is 3.79. The van der Waals surface area contributed by atoms with E-state index in [1.807, 2.05) is 12.1 Å². The molecule has 2 aromatic carbocycles. The number of phenolic OH excluding ortho intramolecular Hbond substituents is 2. The first-order valence-corrected chi connectivity index (χ1v) is 7.66. The fourth-order valence-corrected chi connectivity index (χ4v) is 2.32. The smallest absolute Gasteiger partial charge is 0.201 e. The standard InChI is InChI=1S/C20H22O4/c1-20(2,3)15-9-5-13(6-10-15)16(21)11-7-14-8-12-17(22)18(23)19(14)24-4/h5-12,22-23H,1-4H3/b11-7+. The summed E-state index contributed by atoms with van der Waals surface area (Å²) in [5.41, 5.74) is 2.29. The van der Waals surface area contributed by atoms with Gasteiger partial charge >= 0.3 is 0 Å². The Kier molecular flexibility index (Phi) is 4.98. The van der Waals surface area contributed by atoms with Gasteiger partial charge in [-0.1, -0.05) is 45.0 Å². The fourth-order valence-electron chi connectivity index (χ4n) is 2.32. The average molecular weight is 326 g/mol. The topological polar surface area (TPSA) is 66.8 Å². The van der Waals surface area contributed by atoms with Crippen LogP contribution in [-0.4, -0.2) is 23.1 Å². The SMILES string of the molecule is COc1c(/C=C/C(=O)c2ccc(C(C)(C)C)cc2)ccc(O)c1O. The number of carbonyl (C=O) groups is 1. The van der Waals surface area contributed by atoms with E-state index in [1.54, 1.807) is 24.3 Å². The van der Waals surface area contributed by atoms with Crippen molar-refractivity contribution in [2.45, 2.75) is 26.2 Å². The van der Waals surface area contributed by atoms with Crippen LogP contribution in [0.4, 0.5) is 0 Å². The second-order valence-electron chi connectivity index (χ2n) is 6.58. The number of aromatic hydroxyl groups is 2. The van der Waals surface area contributed by atoms with Crippen LogP contribution in [0.3, 0.4) is 0 Å². The summed E-state index contributed by atoms with van der Waals surface area (Å²) in [5.74, 6) is -0.637. The van der Waals surface area contributed by atoms with E-state index in [2.05, 4.69) is 20.8 Å². The van der Waals surface area contributed by atoms with Crippen LogP contribution >= 0.6 is 0 Å². The van der Waals surface area contributed by atoms with Crippen LogP contribution in [0.15, 0.2) is 42.5 Å². The van der Waals surface area contributed by atoms with E-state index in [0.717, 1.165) is 5.56 Å². The molecule has 0 radical (unpaired) electrons. The molecule has 0 unspecified atom stereocenters. The lowest BCUT2D eigenvalue weighted by molar-refractivity contribution is 0.104. The zero-order valence-electron chi connectivity index (χ0n) is 14.3. The third kappa shape index (κ3) is 3.77. The third-order valence-electron chi connectivity index (χ3n) is 3.79. The maximum Gasteiger partial charge on any atom is 0.201 e. The van der Waals surface area contributed by atoms with Crippen molar-refractivity contribution >= 4 is 11.9 Å². The molecule has 24 heavy (non-hydrogen) atoms. The number of ketones is 1. The molecule has 0 spiro atoms. The molecule has 0 atom stereocenters. The minimum absolute atomic E-state index is 0.0361. The fraction of sp³-hybridized carbons (Fsp3) is 0.250. The first kappa shape index (κ1) is 17.6. The average Bonchev–Trinajstić information content (AvgIpc) is 2.55. The quantitative estimate of drug-likeness (QED) is 0.499. The second kappa shape index (κ2) is 6.79. The maximum atomic E-state index is 12.3. The van der Waals surface area contributed by atoms with E-state index < -0.39 is 0 Å². The summed E-state index contributed by atoms with van der Waals surface area (Å²) in [6, 6.07) is 10.4. The number of ether oxygens (including phenoxy) is 1. The van der Waals surface area contributed by atoms with E-state index in [9.17, 15) is 15.0 Å². The molecule has 0 fully saturated rings. The lowest BCUT2D eigenvalue weighted by Gasteiger charge is -2.18. The van der Waals surface area contributed by atoms with Gasteiger partial charge in [-0.25, -0.2) is 0 Å². The molecular formula is C20H22O4. The highest BCUT2D eigenvalue weighted by molar-refractivity contribution is 6.07. The summed E-state index contributed by atoms with van der Waals surface area (Å²) in [6.07, 6.45) is 2.97. The van der Waals surface area contributed by atoms with Crippen molar-refractivity contribution in [3.05, 3.63) is 59.2 Å². The summed E-state index contributed by atoms with van der Waals surface area (Å²) in [5, 5.41) is 19.3. The van der Waals surface area contributed by atoms with Gasteiger partial charge in [-0.15, -0.1) is 0 Å². The zero-order chi connectivity index (χ0) is 17.9. The van der Waals surface area contributed by atoms with Crippen LogP contribution < -0.4 is 4.74 Å². The van der Waals surface area contributed by atoms with Crippen LogP contribution in [0.5, 0.6) is 17.2 Å². The number of phenols is 2. The largest absolute Gasteiger partial charge is 0.504 e. The predicted molar refractivity (Wildman–Crippen MR) is 94.8 cm³/mol. The van der Waals surface area contributed by atoms with Crippen LogP contribution in [0.2, 0.25) is 0 Å². The molecule has 4 nitrogen and oxygen atoms in total. The first-order valence-electron chi connectivity index (χ1n) is 7.66. The molecule has 0 aliphatic carbocycles. The van der Waals surface area contributed by atoms with Crippen molar-refractivity contribution in [2.75, 3.05) is 7.11 Å². The van der Waals surface area contributed by atoms with Gasteiger partial charge in [0.25, 0.3) is 0 Å². The molecule has 0 aliphatic rings. The maximum absolute atomic E-state index is 12.3. The van der Waals surface area contributed by atoms with Gasteiger partial charge in [-0.05, 0) is 35.3 Å². The van der Waals surface area contributed by atoms with Gasteiger partial charge < -0.3 is 14.9 Å². The second-order valence-corrected chi connectivity index (χ2v) is 6.58. The molecule has 0 aliphatic heterocycles. The van der Waals surface area contributed by atoms with Crippen molar-refractivity contribution in [2.24, 2.45) is 0 Å². The molecule has 2 rings (SSSR count). The number of allylic oxidation sites excluding steroid dienone is 1. The predicted octanol–water partition coefficient (Wildman–Crippen LogP) is 4.30. The molecule has 2 N–H and O–H groups in total. The van der Waals surface area contributed by atoms with E-state index in [0.29, 0.717) is 11.1 Å². The van der Waals surface area contributed by atoms with Crippen molar-refractivity contribution in [3.8, 4) is 17.2 Å². The van der Waals surface area contributed by atoms with Gasteiger partial charge in [0.15, 0.2) is 17.3 Å². The van der Waals surface area contributed by atoms with Crippen LogP contribution in [0, 0.1) is 0 Å². The van der Waals surface area contributed by atoms with Crippen molar-refractivity contribution in [3.63, 3.8) is 0 Å². The molecule has 2 aromatic rings. The Hall–Kier alpha value is -2.75. The van der Waals surface area contributed by atoms with Gasteiger partial charge in [0.1, 0.15) is 0 Å². The number of carbonyl (C=O) groups excluding carboxylic acids is 1. The molecule has 0 saturated heterocycles. The van der Waals surface area contributed by atoms with E-state index in [-0.39, 0.29) is 28.4 Å². The summed E-state index contributed by atoms with van der Waals surface area (Å²) in [4.78, 5) is 12.3. The Labute approximate surface area is 142 Å². The van der Waals surface area contributed by atoms with Gasteiger partial charge in [-0.2, -0.15) is 0 Å². The lowest BCUT2D eigenvalue weighted by Crippen LogP contribution is -2.11. The van der Waals surface area contributed by atoms with Gasteiger partial charge in [0.05, 0.1) is 7.11 Å². The van der Waals surface area contributed by atoms with Crippen molar-refractivity contribution < 1.29 is 19.7 Å². The molecule has 0 saturated carbocycles. The molecule has 126 valence electrons. The highest BCUT2D eigenvalue weighted by Crippen LogP contribution is 2.38. The Morgan fingerprint density at radius 2 is 1.67 bits per heavy atom. The highest BCUT2D eigenvalue weighted by Gasteiger charge is 2.14.